The smallest absolute Gasteiger partial charge is 0.240 e. The first-order chi connectivity index (χ1) is 9.70. The fourth-order valence-electron chi connectivity index (χ4n) is 3.32. The molecule has 0 saturated carbocycles. The molecule has 0 bridgehead atoms. The first-order valence-corrected chi connectivity index (χ1v) is 8.07. The molecule has 0 aromatic heterocycles. The van der Waals surface area contributed by atoms with Crippen LogP contribution >= 0.6 is 0 Å². The van der Waals surface area contributed by atoms with Crippen molar-refractivity contribution in [3.8, 4) is 0 Å². The highest BCUT2D eigenvalue weighted by Gasteiger charge is 2.39. The SMILES string of the molecule is CCCC1(C(=O)NCC2CN(CC)CCO2)CCCN1. The fourth-order valence-corrected chi connectivity index (χ4v) is 3.32. The van der Waals surface area contributed by atoms with Crippen LogP contribution in [0.2, 0.25) is 0 Å². The van der Waals surface area contributed by atoms with Crippen LogP contribution in [0.15, 0.2) is 0 Å². The van der Waals surface area contributed by atoms with Crippen LogP contribution in [0.3, 0.4) is 0 Å². The van der Waals surface area contributed by atoms with Crippen molar-refractivity contribution in [2.75, 3.05) is 39.3 Å². The Morgan fingerprint density at radius 2 is 2.35 bits per heavy atom. The van der Waals surface area contributed by atoms with Gasteiger partial charge in [0.2, 0.25) is 5.91 Å². The Kier molecular flexibility index (Phi) is 5.81. The third kappa shape index (κ3) is 3.71. The zero-order valence-electron chi connectivity index (χ0n) is 12.9. The highest BCUT2D eigenvalue weighted by molar-refractivity contribution is 5.86. The van der Waals surface area contributed by atoms with E-state index in [1.54, 1.807) is 0 Å². The number of rotatable bonds is 6. The summed E-state index contributed by atoms with van der Waals surface area (Å²) in [7, 11) is 0. The van der Waals surface area contributed by atoms with Crippen LogP contribution in [0, 0.1) is 0 Å². The molecule has 2 atom stereocenters. The summed E-state index contributed by atoms with van der Waals surface area (Å²) in [6.45, 7) is 9.63. The van der Waals surface area contributed by atoms with E-state index in [9.17, 15) is 4.79 Å². The minimum Gasteiger partial charge on any atom is -0.374 e. The fraction of sp³-hybridized carbons (Fsp3) is 0.933. The second kappa shape index (κ2) is 7.38. The van der Waals surface area contributed by atoms with E-state index in [0.29, 0.717) is 6.54 Å². The minimum absolute atomic E-state index is 0.132. The molecule has 0 radical (unpaired) electrons. The van der Waals surface area contributed by atoms with Gasteiger partial charge in [-0.05, 0) is 32.4 Å². The first-order valence-electron chi connectivity index (χ1n) is 8.07. The quantitative estimate of drug-likeness (QED) is 0.755. The van der Waals surface area contributed by atoms with Gasteiger partial charge < -0.3 is 15.4 Å². The lowest BCUT2D eigenvalue weighted by atomic mass is 9.91. The van der Waals surface area contributed by atoms with Crippen LogP contribution in [-0.2, 0) is 9.53 Å². The van der Waals surface area contributed by atoms with Gasteiger partial charge in [0, 0.05) is 19.6 Å². The van der Waals surface area contributed by atoms with Gasteiger partial charge in [0.05, 0.1) is 18.2 Å². The minimum atomic E-state index is -0.326. The van der Waals surface area contributed by atoms with E-state index >= 15 is 0 Å². The second-order valence-electron chi connectivity index (χ2n) is 5.96. The number of likely N-dealkylation sites (N-methyl/N-ethyl adjacent to an activating group) is 1. The Morgan fingerprint density at radius 3 is 3.00 bits per heavy atom. The van der Waals surface area contributed by atoms with Crippen molar-refractivity contribution in [1.29, 1.82) is 0 Å². The number of hydrogen-bond acceptors (Lipinski definition) is 4. The van der Waals surface area contributed by atoms with Crippen LogP contribution < -0.4 is 10.6 Å². The Labute approximate surface area is 122 Å². The van der Waals surface area contributed by atoms with Crippen molar-refractivity contribution in [3.05, 3.63) is 0 Å². The molecule has 20 heavy (non-hydrogen) atoms. The topological polar surface area (TPSA) is 53.6 Å². The van der Waals surface area contributed by atoms with Gasteiger partial charge in [-0.15, -0.1) is 0 Å². The summed E-state index contributed by atoms with van der Waals surface area (Å²) in [5.74, 6) is 0.161. The molecule has 1 amide bonds. The monoisotopic (exact) mass is 283 g/mol. The molecule has 116 valence electrons. The number of ether oxygens (including phenoxy) is 1. The van der Waals surface area contributed by atoms with E-state index in [1.165, 1.54) is 0 Å². The van der Waals surface area contributed by atoms with Gasteiger partial charge in [0.1, 0.15) is 0 Å². The van der Waals surface area contributed by atoms with Crippen LogP contribution in [0.5, 0.6) is 0 Å². The normalized spacial score (nSPS) is 31.4. The zero-order chi connectivity index (χ0) is 14.4. The van der Waals surface area contributed by atoms with Gasteiger partial charge in [-0.2, -0.15) is 0 Å². The lowest BCUT2D eigenvalue weighted by Gasteiger charge is -2.33. The third-order valence-electron chi connectivity index (χ3n) is 4.52. The number of nitrogens with zero attached hydrogens (tertiary/aromatic N) is 1. The number of morpholine rings is 1. The van der Waals surface area contributed by atoms with Crippen molar-refractivity contribution in [1.82, 2.24) is 15.5 Å². The Hall–Kier alpha value is -0.650. The zero-order valence-corrected chi connectivity index (χ0v) is 12.9. The molecule has 2 heterocycles. The Bertz CT molecular complexity index is 316. The molecule has 2 fully saturated rings. The molecule has 5 heteroatoms. The summed E-state index contributed by atoms with van der Waals surface area (Å²) in [5, 5.41) is 6.53. The van der Waals surface area contributed by atoms with E-state index in [2.05, 4.69) is 29.4 Å². The molecule has 0 aromatic rings. The molecule has 2 rings (SSSR count). The lowest BCUT2D eigenvalue weighted by Crippen LogP contribution is -2.56. The van der Waals surface area contributed by atoms with Gasteiger partial charge in [-0.3, -0.25) is 9.69 Å². The van der Waals surface area contributed by atoms with Crippen molar-refractivity contribution >= 4 is 5.91 Å². The summed E-state index contributed by atoms with van der Waals surface area (Å²) in [6.07, 6.45) is 4.14. The molecule has 2 unspecified atom stereocenters. The van der Waals surface area contributed by atoms with Crippen molar-refractivity contribution < 1.29 is 9.53 Å². The maximum absolute atomic E-state index is 12.5. The van der Waals surface area contributed by atoms with Gasteiger partial charge in [0.25, 0.3) is 0 Å². The third-order valence-corrected chi connectivity index (χ3v) is 4.52. The number of carbonyl (C=O) groups is 1. The van der Waals surface area contributed by atoms with Gasteiger partial charge in [-0.25, -0.2) is 0 Å². The van der Waals surface area contributed by atoms with Crippen LogP contribution in [0.4, 0.5) is 0 Å². The summed E-state index contributed by atoms with van der Waals surface area (Å²) < 4.78 is 5.74. The number of nitrogens with one attached hydrogen (secondary N) is 2. The lowest BCUT2D eigenvalue weighted by molar-refractivity contribution is -0.128. The molecule has 5 nitrogen and oxygen atoms in total. The highest BCUT2D eigenvalue weighted by atomic mass is 16.5. The van der Waals surface area contributed by atoms with E-state index in [-0.39, 0.29) is 17.6 Å². The molecular weight excluding hydrogens is 254 g/mol. The van der Waals surface area contributed by atoms with Gasteiger partial charge in [-0.1, -0.05) is 20.3 Å². The van der Waals surface area contributed by atoms with Crippen molar-refractivity contribution in [2.45, 2.75) is 51.2 Å². The van der Waals surface area contributed by atoms with E-state index in [1.807, 2.05) is 0 Å². The summed E-state index contributed by atoms with van der Waals surface area (Å²) >= 11 is 0. The highest BCUT2D eigenvalue weighted by Crippen LogP contribution is 2.24. The predicted molar refractivity (Wildman–Crippen MR) is 79.7 cm³/mol. The van der Waals surface area contributed by atoms with Crippen LogP contribution in [0.25, 0.3) is 0 Å². The number of amides is 1. The Morgan fingerprint density at radius 1 is 1.50 bits per heavy atom. The average molecular weight is 283 g/mol. The summed E-state index contributed by atoms with van der Waals surface area (Å²) in [5.41, 5.74) is -0.326. The van der Waals surface area contributed by atoms with Gasteiger partial charge in [0.15, 0.2) is 0 Å². The van der Waals surface area contributed by atoms with E-state index < -0.39 is 0 Å². The maximum atomic E-state index is 12.5. The molecule has 0 aliphatic carbocycles. The second-order valence-corrected chi connectivity index (χ2v) is 5.96. The molecule has 2 N–H and O–H groups in total. The molecule has 2 aliphatic heterocycles. The first kappa shape index (κ1) is 15.7. The number of hydrogen-bond donors (Lipinski definition) is 2. The van der Waals surface area contributed by atoms with Crippen LogP contribution in [-0.4, -0.2) is 61.8 Å². The molecule has 0 aromatic carbocycles. The molecule has 0 spiro atoms. The molecular formula is C15H29N3O2. The van der Waals surface area contributed by atoms with E-state index in [4.69, 9.17) is 4.74 Å². The van der Waals surface area contributed by atoms with Crippen molar-refractivity contribution in [3.63, 3.8) is 0 Å². The largest absolute Gasteiger partial charge is 0.374 e. The maximum Gasteiger partial charge on any atom is 0.240 e. The average Bonchev–Trinajstić information content (AvgIpc) is 2.95. The van der Waals surface area contributed by atoms with Crippen LogP contribution in [0.1, 0.15) is 39.5 Å². The summed E-state index contributed by atoms with van der Waals surface area (Å²) in [4.78, 5) is 14.9. The molecule has 2 aliphatic rings. The van der Waals surface area contributed by atoms with Crippen molar-refractivity contribution in [2.24, 2.45) is 0 Å². The predicted octanol–water partition coefficient (Wildman–Crippen LogP) is 0.746. The molecule has 2 saturated heterocycles. The van der Waals surface area contributed by atoms with E-state index in [0.717, 1.165) is 58.5 Å². The standard InChI is InChI=1S/C15H29N3O2/c1-3-6-15(7-5-8-17-15)14(19)16-11-13-12-18(4-2)9-10-20-13/h13,17H,3-12H2,1-2H3,(H,16,19). The number of carbonyl (C=O) groups excluding carboxylic acids is 1. The summed E-state index contributed by atoms with van der Waals surface area (Å²) in [6, 6.07) is 0. The van der Waals surface area contributed by atoms with Gasteiger partial charge >= 0.3 is 0 Å². The Balaban J connectivity index is 1.81.